The SMILES string of the molecule is COc1ccc2ccnc(Oc3ccc(Br)cc3C)c2c1. The van der Waals surface area contributed by atoms with Crippen molar-refractivity contribution in [3.63, 3.8) is 0 Å². The highest BCUT2D eigenvalue weighted by molar-refractivity contribution is 9.10. The first-order chi connectivity index (χ1) is 10.2. The van der Waals surface area contributed by atoms with Crippen LogP contribution in [-0.2, 0) is 0 Å². The van der Waals surface area contributed by atoms with E-state index in [0.717, 1.165) is 32.3 Å². The minimum Gasteiger partial charge on any atom is -0.497 e. The molecule has 0 atom stereocenters. The molecule has 0 radical (unpaired) electrons. The van der Waals surface area contributed by atoms with Gasteiger partial charge in [-0.2, -0.15) is 0 Å². The van der Waals surface area contributed by atoms with Crippen molar-refractivity contribution in [2.24, 2.45) is 0 Å². The summed E-state index contributed by atoms with van der Waals surface area (Å²) < 4.78 is 12.3. The Labute approximate surface area is 131 Å². The first kappa shape index (κ1) is 13.9. The van der Waals surface area contributed by atoms with Gasteiger partial charge in [0, 0.05) is 16.1 Å². The van der Waals surface area contributed by atoms with Crippen LogP contribution in [0.2, 0.25) is 0 Å². The number of fused-ring (bicyclic) bond motifs is 1. The van der Waals surface area contributed by atoms with Gasteiger partial charge >= 0.3 is 0 Å². The van der Waals surface area contributed by atoms with E-state index >= 15 is 0 Å². The summed E-state index contributed by atoms with van der Waals surface area (Å²) in [4.78, 5) is 4.35. The maximum atomic E-state index is 5.99. The predicted molar refractivity (Wildman–Crippen MR) is 87.2 cm³/mol. The Hall–Kier alpha value is -2.07. The van der Waals surface area contributed by atoms with Crippen molar-refractivity contribution in [1.29, 1.82) is 0 Å². The van der Waals surface area contributed by atoms with Gasteiger partial charge in [0.15, 0.2) is 0 Å². The van der Waals surface area contributed by atoms with Gasteiger partial charge in [-0.3, -0.25) is 0 Å². The molecule has 0 aliphatic carbocycles. The molecule has 0 unspecified atom stereocenters. The minimum atomic E-state index is 0.580. The second-order valence-electron chi connectivity index (χ2n) is 4.72. The highest BCUT2D eigenvalue weighted by Gasteiger charge is 2.08. The van der Waals surface area contributed by atoms with Crippen molar-refractivity contribution < 1.29 is 9.47 Å². The van der Waals surface area contributed by atoms with Crippen molar-refractivity contribution in [3.8, 4) is 17.4 Å². The average molecular weight is 344 g/mol. The fourth-order valence-electron chi connectivity index (χ4n) is 2.16. The van der Waals surface area contributed by atoms with E-state index in [1.807, 2.05) is 49.4 Å². The van der Waals surface area contributed by atoms with Crippen molar-refractivity contribution >= 4 is 26.7 Å². The first-order valence-corrected chi connectivity index (χ1v) is 7.33. The van der Waals surface area contributed by atoms with Gasteiger partial charge < -0.3 is 9.47 Å². The summed E-state index contributed by atoms with van der Waals surface area (Å²) in [5.41, 5.74) is 1.05. The van der Waals surface area contributed by atoms with Gasteiger partial charge in [-0.05, 0) is 54.3 Å². The topological polar surface area (TPSA) is 31.4 Å². The van der Waals surface area contributed by atoms with Gasteiger partial charge in [0.1, 0.15) is 11.5 Å². The lowest BCUT2D eigenvalue weighted by Crippen LogP contribution is -1.92. The maximum Gasteiger partial charge on any atom is 0.227 e. The normalized spacial score (nSPS) is 10.6. The molecule has 0 saturated carbocycles. The molecule has 3 aromatic rings. The third-order valence-corrected chi connectivity index (χ3v) is 3.77. The number of rotatable bonds is 3. The van der Waals surface area contributed by atoms with Crippen LogP contribution >= 0.6 is 15.9 Å². The molecule has 0 saturated heterocycles. The second-order valence-corrected chi connectivity index (χ2v) is 5.63. The summed E-state index contributed by atoms with van der Waals surface area (Å²) in [7, 11) is 1.65. The van der Waals surface area contributed by atoms with E-state index in [1.54, 1.807) is 13.3 Å². The number of pyridine rings is 1. The van der Waals surface area contributed by atoms with Gasteiger partial charge in [-0.25, -0.2) is 4.98 Å². The fraction of sp³-hybridized carbons (Fsp3) is 0.118. The van der Waals surface area contributed by atoms with Crippen molar-refractivity contribution in [1.82, 2.24) is 4.98 Å². The third kappa shape index (κ3) is 2.85. The van der Waals surface area contributed by atoms with E-state index < -0.39 is 0 Å². The standard InChI is InChI=1S/C17H14BrNO2/c1-11-9-13(18)4-6-16(11)21-17-15-10-14(20-2)5-3-12(15)7-8-19-17/h3-10H,1-2H3. The minimum absolute atomic E-state index is 0.580. The molecule has 0 fully saturated rings. The van der Waals surface area contributed by atoms with E-state index in [1.165, 1.54) is 0 Å². The molecule has 0 bridgehead atoms. The number of halogens is 1. The largest absolute Gasteiger partial charge is 0.497 e. The quantitative estimate of drug-likeness (QED) is 0.662. The molecule has 3 nitrogen and oxygen atoms in total. The molecule has 0 aliphatic rings. The number of aromatic nitrogens is 1. The molecule has 2 aromatic carbocycles. The number of methoxy groups -OCH3 is 1. The van der Waals surface area contributed by atoms with Crippen LogP contribution in [0.25, 0.3) is 10.8 Å². The van der Waals surface area contributed by atoms with Crippen LogP contribution in [0.3, 0.4) is 0 Å². The van der Waals surface area contributed by atoms with E-state index in [0.29, 0.717) is 5.88 Å². The molecule has 3 rings (SSSR count). The fourth-order valence-corrected chi connectivity index (χ4v) is 2.64. The Morgan fingerprint density at radius 1 is 1.05 bits per heavy atom. The lowest BCUT2D eigenvalue weighted by atomic mass is 10.1. The molecule has 0 spiro atoms. The van der Waals surface area contributed by atoms with Gasteiger partial charge in [-0.1, -0.05) is 22.0 Å². The zero-order valence-corrected chi connectivity index (χ0v) is 13.3. The van der Waals surface area contributed by atoms with Crippen LogP contribution < -0.4 is 9.47 Å². The van der Waals surface area contributed by atoms with Crippen molar-refractivity contribution in [3.05, 3.63) is 58.7 Å². The van der Waals surface area contributed by atoms with E-state index in [2.05, 4.69) is 20.9 Å². The number of benzene rings is 2. The number of nitrogens with zero attached hydrogens (tertiary/aromatic N) is 1. The Morgan fingerprint density at radius 2 is 1.90 bits per heavy atom. The Morgan fingerprint density at radius 3 is 2.67 bits per heavy atom. The van der Waals surface area contributed by atoms with Crippen LogP contribution in [0.15, 0.2) is 53.1 Å². The highest BCUT2D eigenvalue weighted by atomic mass is 79.9. The molecule has 4 heteroatoms. The van der Waals surface area contributed by atoms with E-state index in [-0.39, 0.29) is 0 Å². The molecule has 106 valence electrons. The molecule has 1 heterocycles. The summed E-state index contributed by atoms with van der Waals surface area (Å²) in [5.74, 6) is 2.16. The van der Waals surface area contributed by atoms with E-state index in [4.69, 9.17) is 9.47 Å². The molecule has 0 aliphatic heterocycles. The van der Waals surface area contributed by atoms with Gasteiger partial charge in [0.05, 0.1) is 7.11 Å². The van der Waals surface area contributed by atoms with Crippen LogP contribution in [0, 0.1) is 6.92 Å². The van der Waals surface area contributed by atoms with Crippen LogP contribution in [0.4, 0.5) is 0 Å². The molecule has 1 aromatic heterocycles. The van der Waals surface area contributed by atoms with Crippen LogP contribution in [-0.4, -0.2) is 12.1 Å². The summed E-state index contributed by atoms with van der Waals surface area (Å²) in [6.45, 7) is 2.01. The molecular weight excluding hydrogens is 330 g/mol. The summed E-state index contributed by atoms with van der Waals surface area (Å²) in [6, 6.07) is 13.7. The molecular formula is C17H14BrNO2. The first-order valence-electron chi connectivity index (χ1n) is 6.54. The van der Waals surface area contributed by atoms with Crippen molar-refractivity contribution in [2.75, 3.05) is 7.11 Å². The zero-order valence-electron chi connectivity index (χ0n) is 11.8. The number of hydrogen-bond acceptors (Lipinski definition) is 3. The number of ether oxygens (including phenoxy) is 2. The third-order valence-electron chi connectivity index (χ3n) is 3.28. The van der Waals surface area contributed by atoms with Crippen molar-refractivity contribution in [2.45, 2.75) is 6.92 Å². The summed E-state index contributed by atoms with van der Waals surface area (Å²) in [5, 5.41) is 2.00. The van der Waals surface area contributed by atoms with Gasteiger partial charge in [-0.15, -0.1) is 0 Å². The second kappa shape index (κ2) is 5.74. The average Bonchev–Trinajstić information content (AvgIpc) is 2.50. The van der Waals surface area contributed by atoms with Gasteiger partial charge in [0.25, 0.3) is 0 Å². The Bertz CT molecular complexity index is 802. The number of hydrogen-bond donors (Lipinski definition) is 0. The molecule has 21 heavy (non-hydrogen) atoms. The lowest BCUT2D eigenvalue weighted by Gasteiger charge is -2.11. The molecule has 0 amide bonds. The molecule has 0 N–H and O–H groups in total. The van der Waals surface area contributed by atoms with Crippen LogP contribution in [0.1, 0.15) is 5.56 Å². The monoisotopic (exact) mass is 343 g/mol. The smallest absolute Gasteiger partial charge is 0.227 e. The highest BCUT2D eigenvalue weighted by Crippen LogP contribution is 2.32. The predicted octanol–water partition coefficient (Wildman–Crippen LogP) is 5.11. The zero-order chi connectivity index (χ0) is 14.8. The summed E-state index contributed by atoms with van der Waals surface area (Å²) in [6.07, 6.45) is 1.75. The summed E-state index contributed by atoms with van der Waals surface area (Å²) >= 11 is 3.45. The van der Waals surface area contributed by atoms with Gasteiger partial charge in [0.2, 0.25) is 5.88 Å². The Balaban J connectivity index is 2.07. The maximum absolute atomic E-state index is 5.99. The lowest BCUT2D eigenvalue weighted by molar-refractivity contribution is 0.415. The van der Waals surface area contributed by atoms with Crippen LogP contribution in [0.5, 0.6) is 17.4 Å². The number of aryl methyl sites for hydroxylation is 1. The Kier molecular flexibility index (Phi) is 3.80. The van der Waals surface area contributed by atoms with E-state index in [9.17, 15) is 0 Å².